The zero-order valence-corrected chi connectivity index (χ0v) is 24.8. The van der Waals surface area contributed by atoms with Gasteiger partial charge in [-0.25, -0.2) is 0 Å². The van der Waals surface area contributed by atoms with E-state index in [0.29, 0.717) is 12.6 Å². The molecule has 37 heavy (non-hydrogen) atoms. The predicted octanol–water partition coefficient (Wildman–Crippen LogP) is 5.48. The molecule has 8 rings (SSSR count). The lowest BCUT2D eigenvalue weighted by atomic mass is 9.33. The number of likely N-dealkylation sites (tertiary alicyclic amines) is 1. The smallest absolute Gasteiger partial charge is 0.165 e. The highest BCUT2D eigenvalue weighted by molar-refractivity contribution is 9.09. The van der Waals surface area contributed by atoms with E-state index >= 15 is 0 Å². The first-order valence-corrected chi connectivity index (χ1v) is 15.7. The topological polar surface area (TPSA) is 51.2 Å². The molecule has 5 aliphatic carbocycles. The minimum Gasteiger partial charge on any atom is -0.489 e. The number of alkyl halides is 1. The van der Waals surface area contributed by atoms with Crippen LogP contribution in [-0.2, 0) is 16.6 Å². The fourth-order valence-electron chi connectivity index (χ4n) is 9.83. The summed E-state index contributed by atoms with van der Waals surface area (Å²) >= 11 is 3.53. The molecule has 1 saturated heterocycles. The number of piperidine rings is 1. The van der Waals surface area contributed by atoms with Crippen molar-refractivity contribution in [3.8, 4) is 11.5 Å². The number of benzene rings is 1. The maximum Gasteiger partial charge on any atom is 0.165 e. The van der Waals surface area contributed by atoms with Crippen LogP contribution < -0.4 is 9.47 Å². The van der Waals surface area contributed by atoms with E-state index in [1.54, 1.807) is 0 Å². The summed E-state index contributed by atoms with van der Waals surface area (Å²) in [5.74, 6) is 2.72. The maximum atomic E-state index is 12.3. The van der Waals surface area contributed by atoms with E-state index in [1.807, 2.05) is 7.11 Å². The first-order valence-electron chi connectivity index (χ1n) is 14.6. The van der Waals surface area contributed by atoms with Crippen LogP contribution in [0.4, 0.5) is 0 Å². The molecule has 2 heterocycles. The van der Waals surface area contributed by atoms with Crippen molar-refractivity contribution in [3.63, 3.8) is 0 Å². The highest BCUT2D eigenvalue weighted by Gasteiger charge is 2.82. The quantitative estimate of drug-likeness (QED) is 0.437. The molecule has 1 aromatic rings. The van der Waals surface area contributed by atoms with Gasteiger partial charge in [-0.2, -0.15) is 0 Å². The Morgan fingerprint density at radius 3 is 2.62 bits per heavy atom. The molecule has 0 amide bonds. The van der Waals surface area contributed by atoms with E-state index in [1.165, 1.54) is 30.5 Å². The second-order valence-corrected chi connectivity index (χ2v) is 15.1. The van der Waals surface area contributed by atoms with Crippen molar-refractivity contribution in [2.45, 2.75) is 101 Å². The van der Waals surface area contributed by atoms with Crippen molar-refractivity contribution in [2.75, 3.05) is 32.1 Å². The molecule has 5 fully saturated rings. The first kappa shape index (κ1) is 25.2. The highest BCUT2D eigenvalue weighted by Crippen LogP contribution is 2.78. The Hall–Kier alpha value is -0.820. The first-order chi connectivity index (χ1) is 17.6. The molecule has 4 saturated carbocycles. The Bertz CT molecular complexity index is 1110. The van der Waals surface area contributed by atoms with Gasteiger partial charge >= 0.3 is 0 Å². The Labute approximate surface area is 230 Å². The third kappa shape index (κ3) is 2.97. The Balaban J connectivity index is 1.45. The minimum absolute atomic E-state index is 0.00280. The summed E-state index contributed by atoms with van der Waals surface area (Å²) in [6.45, 7) is 11.6. The number of hydrogen-bond donors (Lipinski definition) is 1. The molecule has 2 aliphatic heterocycles. The third-order valence-electron chi connectivity index (χ3n) is 12.2. The number of ether oxygens (including phenoxy) is 3. The van der Waals surface area contributed by atoms with Gasteiger partial charge in [0.2, 0.25) is 0 Å². The van der Waals surface area contributed by atoms with Crippen LogP contribution in [0.3, 0.4) is 0 Å². The largest absolute Gasteiger partial charge is 0.489 e. The Morgan fingerprint density at radius 1 is 1.16 bits per heavy atom. The molecular weight excluding hydrogens is 530 g/mol. The van der Waals surface area contributed by atoms with Gasteiger partial charge in [-0.1, -0.05) is 42.8 Å². The van der Waals surface area contributed by atoms with Gasteiger partial charge in [0.1, 0.15) is 11.7 Å². The minimum atomic E-state index is -0.888. The van der Waals surface area contributed by atoms with E-state index in [0.717, 1.165) is 61.4 Å². The summed E-state index contributed by atoms with van der Waals surface area (Å²) in [7, 11) is 1.87. The van der Waals surface area contributed by atoms with Crippen molar-refractivity contribution >= 4 is 15.9 Å². The monoisotopic (exact) mass is 573 g/mol. The summed E-state index contributed by atoms with van der Waals surface area (Å²) in [5, 5.41) is 13.1. The molecule has 2 spiro atoms. The van der Waals surface area contributed by atoms with Crippen LogP contribution in [-0.4, -0.2) is 65.5 Å². The molecular formula is C31H44BrNO4. The fourth-order valence-corrected chi connectivity index (χ4v) is 9.99. The summed E-state index contributed by atoms with van der Waals surface area (Å²) < 4.78 is 20.1. The van der Waals surface area contributed by atoms with Crippen molar-refractivity contribution < 1.29 is 19.3 Å². The number of halogens is 1. The molecule has 0 aromatic heterocycles. The summed E-state index contributed by atoms with van der Waals surface area (Å²) in [6.07, 6.45) is 7.96. The van der Waals surface area contributed by atoms with E-state index in [9.17, 15) is 5.11 Å². The van der Waals surface area contributed by atoms with Crippen molar-refractivity contribution in [1.29, 1.82) is 0 Å². The predicted molar refractivity (Wildman–Crippen MR) is 148 cm³/mol. The average Bonchev–Trinajstić information content (AvgIpc) is 3.60. The van der Waals surface area contributed by atoms with Crippen LogP contribution >= 0.6 is 15.9 Å². The van der Waals surface area contributed by atoms with Gasteiger partial charge in [-0.3, -0.25) is 4.90 Å². The number of rotatable bonds is 7. The van der Waals surface area contributed by atoms with Crippen molar-refractivity contribution in [3.05, 3.63) is 23.3 Å². The molecule has 204 valence electrons. The van der Waals surface area contributed by atoms with E-state index in [-0.39, 0.29) is 28.3 Å². The van der Waals surface area contributed by atoms with Crippen LogP contribution in [0.15, 0.2) is 12.1 Å². The van der Waals surface area contributed by atoms with Crippen LogP contribution in [0.5, 0.6) is 11.5 Å². The number of methoxy groups -OCH3 is 1. The number of aliphatic hydroxyl groups is 1. The van der Waals surface area contributed by atoms with Crippen LogP contribution in [0, 0.1) is 22.7 Å². The normalized spacial score (nSPS) is 41.2. The van der Waals surface area contributed by atoms with E-state index in [4.69, 9.17) is 14.2 Å². The van der Waals surface area contributed by atoms with Crippen molar-refractivity contribution in [2.24, 2.45) is 22.7 Å². The molecule has 7 atom stereocenters. The maximum absolute atomic E-state index is 12.3. The molecule has 7 aliphatic rings. The molecule has 1 N–H and O–H groups in total. The van der Waals surface area contributed by atoms with Crippen LogP contribution in [0.2, 0.25) is 0 Å². The molecule has 3 unspecified atom stereocenters. The summed E-state index contributed by atoms with van der Waals surface area (Å²) in [4.78, 5) is 2.87. The zero-order chi connectivity index (χ0) is 26.0. The molecule has 5 nitrogen and oxygen atoms in total. The van der Waals surface area contributed by atoms with Crippen molar-refractivity contribution in [1.82, 2.24) is 4.90 Å². The van der Waals surface area contributed by atoms with E-state index < -0.39 is 11.2 Å². The second kappa shape index (κ2) is 7.89. The number of nitrogens with zero attached hydrogens (tertiary/aromatic N) is 1. The summed E-state index contributed by atoms with van der Waals surface area (Å²) in [6, 6.07) is 4.98. The van der Waals surface area contributed by atoms with Gasteiger partial charge < -0.3 is 19.3 Å². The van der Waals surface area contributed by atoms with Gasteiger partial charge in [0, 0.05) is 47.3 Å². The SMILES string of the molecule is COC12CC[C@@]3(C[C@@H]1[C@](C)(O)C(C)(C)C)C1Cc4ccc(OCCBr)c5c4[C@@]3(CCN1CC1CC1)C2O5. The number of fused-ring (bicyclic) bond motifs is 2. The second-order valence-electron chi connectivity index (χ2n) is 14.3. The van der Waals surface area contributed by atoms with Gasteiger partial charge in [0.15, 0.2) is 11.5 Å². The van der Waals surface area contributed by atoms with Gasteiger partial charge in [-0.15, -0.1) is 0 Å². The molecule has 1 aromatic carbocycles. The lowest BCUT2D eigenvalue weighted by Crippen LogP contribution is -2.83. The standard InChI is InChI=1S/C31H44BrNO4/c1-27(2,3)28(4,34)22-17-29-10-11-31(22,35-5)26-30(29)12-14-33(18-19-6-7-19)23(29)16-20-8-9-21(36-15-13-32)25(37-26)24(20)30/h8-9,19,22-23,26,34H,6-7,10-18H2,1-5H3/t22-,23?,26?,28+,29-,30+,31?/m1/s1. The average molecular weight is 575 g/mol. The van der Waals surface area contributed by atoms with Gasteiger partial charge in [-0.05, 0) is 81.4 Å². The fraction of sp³-hybridized carbons (Fsp3) is 0.806. The Kier molecular flexibility index (Phi) is 5.37. The van der Waals surface area contributed by atoms with E-state index in [2.05, 4.69) is 60.7 Å². The lowest BCUT2D eigenvalue weighted by Gasteiger charge is -2.75. The lowest BCUT2D eigenvalue weighted by molar-refractivity contribution is -0.312. The molecule has 6 heteroatoms. The third-order valence-corrected chi connectivity index (χ3v) is 12.5. The highest BCUT2D eigenvalue weighted by atomic mass is 79.9. The number of hydrogen-bond acceptors (Lipinski definition) is 5. The molecule has 4 bridgehead atoms. The summed E-state index contributed by atoms with van der Waals surface area (Å²) in [5.41, 5.74) is 1.20. The zero-order valence-electron chi connectivity index (χ0n) is 23.2. The molecule has 0 radical (unpaired) electrons. The van der Waals surface area contributed by atoms with Gasteiger partial charge in [0.25, 0.3) is 0 Å². The van der Waals surface area contributed by atoms with Gasteiger partial charge in [0.05, 0.1) is 12.2 Å². The Morgan fingerprint density at radius 2 is 1.95 bits per heavy atom. The van der Waals surface area contributed by atoms with Crippen LogP contribution in [0.1, 0.15) is 77.3 Å². The van der Waals surface area contributed by atoms with Crippen LogP contribution in [0.25, 0.3) is 0 Å².